The smallest absolute Gasteiger partial charge is 0.232 e. The summed E-state index contributed by atoms with van der Waals surface area (Å²) >= 11 is 0. The number of carbonyl (C=O) groups excluding carboxylic acids is 1. The molecule has 1 aliphatic heterocycles. The summed E-state index contributed by atoms with van der Waals surface area (Å²) < 4.78 is 5.62. The van der Waals surface area contributed by atoms with Crippen molar-refractivity contribution in [1.29, 1.82) is 0 Å². The molecule has 110 valence electrons. The van der Waals surface area contributed by atoms with Gasteiger partial charge >= 0.3 is 0 Å². The molecule has 0 aromatic heterocycles. The molecule has 2 atom stereocenters. The Hall–Kier alpha value is -1.55. The van der Waals surface area contributed by atoms with E-state index in [9.17, 15) is 9.90 Å². The molecule has 20 heavy (non-hydrogen) atoms. The highest BCUT2D eigenvalue weighted by molar-refractivity contribution is 5.96. The second kappa shape index (κ2) is 6.27. The van der Waals surface area contributed by atoms with Crippen LogP contribution in [0.3, 0.4) is 0 Å². The Balaban J connectivity index is 2.27. The molecule has 0 aliphatic carbocycles. The van der Waals surface area contributed by atoms with Gasteiger partial charge in [-0.2, -0.15) is 0 Å². The van der Waals surface area contributed by atoms with E-state index in [4.69, 9.17) is 4.74 Å². The van der Waals surface area contributed by atoms with E-state index in [0.717, 1.165) is 24.1 Å². The van der Waals surface area contributed by atoms with Crippen LogP contribution >= 0.6 is 0 Å². The summed E-state index contributed by atoms with van der Waals surface area (Å²) in [5.41, 5.74) is 1.78. The van der Waals surface area contributed by atoms with Crippen molar-refractivity contribution in [2.45, 2.75) is 39.7 Å². The lowest BCUT2D eigenvalue weighted by Crippen LogP contribution is -2.39. The molecule has 1 aromatic rings. The normalized spacial score (nSPS) is 21.9. The average Bonchev–Trinajstić information content (AvgIpc) is 2.91. The summed E-state index contributed by atoms with van der Waals surface area (Å²) in [4.78, 5) is 14.5. The Morgan fingerprint density at radius 1 is 1.45 bits per heavy atom. The number of aromatic hydroxyl groups is 1. The maximum Gasteiger partial charge on any atom is 0.232 e. The summed E-state index contributed by atoms with van der Waals surface area (Å²) in [5.74, 6) is 0.221. The predicted molar refractivity (Wildman–Crippen MR) is 79.0 cm³/mol. The third kappa shape index (κ3) is 2.80. The SMILES string of the molecule is CCC1OCCC1C(=O)N(CC)c1cc(O)ccc1C. The highest BCUT2D eigenvalue weighted by Crippen LogP contribution is 2.30. The van der Waals surface area contributed by atoms with Crippen LogP contribution in [0.5, 0.6) is 5.75 Å². The number of carbonyl (C=O) groups is 1. The number of benzene rings is 1. The maximum atomic E-state index is 12.8. The number of nitrogens with zero attached hydrogens (tertiary/aromatic N) is 1. The number of phenolic OH excluding ortho intramolecular Hbond substituents is 1. The lowest BCUT2D eigenvalue weighted by molar-refractivity contribution is -0.124. The Morgan fingerprint density at radius 2 is 2.20 bits per heavy atom. The first-order chi connectivity index (χ1) is 9.58. The molecule has 1 amide bonds. The third-order valence-corrected chi connectivity index (χ3v) is 3.99. The molecule has 2 unspecified atom stereocenters. The number of anilines is 1. The van der Waals surface area contributed by atoms with Crippen LogP contribution in [0.1, 0.15) is 32.3 Å². The zero-order valence-electron chi connectivity index (χ0n) is 12.4. The molecule has 1 aromatic carbocycles. The second-order valence-corrected chi connectivity index (χ2v) is 5.27. The molecular weight excluding hydrogens is 254 g/mol. The van der Waals surface area contributed by atoms with Crippen molar-refractivity contribution in [1.82, 2.24) is 0 Å². The average molecular weight is 277 g/mol. The predicted octanol–water partition coefficient (Wildman–Crippen LogP) is 2.87. The molecule has 1 fully saturated rings. The molecule has 1 heterocycles. The molecule has 4 nitrogen and oxygen atoms in total. The summed E-state index contributed by atoms with van der Waals surface area (Å²) in [7, 11) is 0. The number of phenols is 1. The van der Waals surface area contributed by atoms with Crippen LogP contribution in [0, 0.1) is 12.8 Å². The third-order valence-electron chi connectivity index (χ3n) is 3.99. The van der Waals surface area contributed by atoms with E-state index in [1.165, 1.54) is 0 Å². The number of hydrogen-bond donors (Lipinski definition) is 1. The number of hydrogen-bond acceptors (Lipinski definition) is 3. The van der Waals surface area contributed by atoms with Crippen LogP contribution in [0.25, 0.3) is 0 Å². The minimum Gasteiger partial charge on any atom is -0.508 e. The fourth-order valence-electron chi connectivity index (χ4n) is 2.87. The van der Waals surface area contributed by atoms with Crippen molar-refractivity contribution in [3.63, 3.8) is 0 Å². The van der Waals surface area contributed by atoms with Gasteiger partial charge in [-0.25, -0.2) is 0 Å². The molecular formula is C16H23NO3. The largest absolute Gasteiger partial charge is 0.508 e. The zero-order chi connectivity index (χ0) is 14.7. The molecule has 1 N–H and O–H groups in total. The molecule has 0 bridgehead atoms. The van der Waals surface area contributed by atoms with E-state index in [0.29, 0.717) is 13.2 Å². The van der Waals surface area contributed by atoms with Gasteiger partial charge in [0.2, 0.25) is 5.91 Å². The van der Waals surface area contributed by atoms with E-state index in [-0.39, 0.29) is 23.7 Å². The molecule has 2 rings (SSSR count). The molecule has 0 radical (unpaired) electrons. The topological polar surface area (TPSA) is 49.8 Å². The van der Waals surface area contributed by atoms with Crippen molar-refractivity contribution in [2.24, 2.45) is 5.92 Å². The monoisotopic (exact) mass is 277 g/mol. The van der Waals surface area contributed by atoms with Crippen LogP contribution in [-0.4, -0.2) is 30.3 Å². The minimum absolute atomic E-state index is 0.0224. The fourth-order valence-corrected chi connectivity index (χ4v) is 2.87. The molecule has 1 saturated heterocycles. The van der Waals surface area contributed by atoms with Gasteiger partial charge < -0.3 is 14.7 Å². The molecule has 0 saturated carbocycles. The van der Waals surface area contributed by atoms with Crippen LogP contribution < -0.4 is 4.90 Å². The highest BCUT2D eigenvalue weighted by Gasteiger charge is 2.35. The van der Waals surface area contributed by atoms with Crippen molar-refractivity contribution < 1.29 is 14.6 Å². The lowest BCUT2D eigenvalue weighted by Gasteiger charge is -2.27. The van der Waals surface area contributed by atoms with Gasteiger partial charge in [0.1, 0.15) is 5.75 Å². The van der Waals surface area contributed by atoms with Gasteiger partial charge in [-0.15, -0.1) is 0 Å². The second-order valence-electron chi connectivity index (χ2n) is 5.27. The quantitative estimate of drug-likeness (QED) is 0.920. The summed E-state index contributed by atoms with van der Waals surface area (Å²) in [6.45, 7) is 7.21. The molecule has 4 heteroatoms. The summed E-state index contributed by atoms with van der Waals surface area (Å²) in [5, 5.41) is 9.66. The van der Waals surface area contributed by atoms with Gasteiger partial charge in [-0.3, -0.25) is 4.79 Å². The van der Waals surface area contributed by atoms with Crippen molar-refractivity contribution in [2.75, 3.05) is 18.1 Å². The Morgan fingerprint density at radius 3 is 2.85 bits per heavy atom. The van der Waals surface area contributed by atoms with Gasteiger partial charge in [0.25, 0.3) is 0 Å². The Bertz CT molecular complexity index is 487. The van der Waals surface area contributed by atoms with Gasteiger partial charge in [-0.05, 0) is 38.3 Å². The van der Waals surface area contributed by atoms with E-state index >= 15 is 0 Å². The summed E-state index contributed by atoms with van der Waals surface area (Å²) in [6, 6.07) is 5.14. The number of aryl methyl sites for hydroxylation is 1. The van der Waals surface area contributed by atoms with Crippen molar-refractivity contribution in [3.05, 3.63) is 23.8 Å². The number of ether oxygens (including phenoxy) is 1. The fraction of sp³-hybridized carbons (Fsp3) is 0.562. The first-order valence-corrected chi connectivity index (χ1v) is 7.31. The van der Waals surface area contributed by atoms with E-state index in [1.807, 2.05) is 26.8 Å². The van der Waals surface area contributed by atoms with Crippen LogP contribution in [0.4, 0.5) is 5.69 Å². The number of amides is 1. The summed E-state index contributed by atoms with van der Waals surface area (Å²) in [6.07, 6.45) is 1.66. The standard InChI is InChI=1S/C16H23NO3/c1-4-15-13(8-9-20-15)16(19)17(5-2)14-10-12(18)7-6-11(14)3/h6-7,10,13,15,18H,4-5,8-9H2,1-3H3. The first kappa shape index (κ1) is 14.9. The highest BCUT2D eigenvalue weighted by atomic mass is 16.5. The van der Waals surface area contributed by atoms with E-state index in [2.05, 4.69) is 0 Å². The Kier molecular flexibility index (Phi) is 4.65. The van der Waals surface area contributed by atoms with E-state index < -0.39 is 0 Å². The molecule has 0 spiro atoms. The van der Waals surface area contributed by atoms with Gasteiger partial charge in [0.05, 0.1) is 17.7 Å². The van der Waals surface area contributed by atoms with Crippen LogP contribution in [0.2, 0.25) is 0 Å². The zero-order valence-corrected chi connectivity index (χ0v) is 12.4. The molecule has 1 aliphatic rings. The first-order valence-electron chi connectivity index (χ1n) is 7.31. The van der Waals surface area contributed by atoms with Gasteiger partial charge in [0.15, 0.2) is 0 Å². The van der Waals surface area contributed by atoms with Crippen LogP contribution in [-0.2, 0) is 9.53 Å². The number of rotatable bonds is 4. The van der Waals surface area contributed by atoms with Crippen molar-refractivity contribution >= 4 is 11.6 Å². The van der Waals surface area contributed by atoms with Gasteiger partial charge in [0, 0.05) is 19.2 Å². The van der Waals surface area contributed by atoms with Crippen molar-refractivity contribution in [3.8, 4) is 5.75 Å². The van der Waals surface area contributed by atoms with E-state index in [1.54, 1.807) is 17.0 Å². The Labute approximate surface area is 120 Å². The van der Waals surface area contributed by atoms with Gasteiger partial charge in [-0.1, -0.05) is 13.0 Å². The maximum absolute atomic E-state index is 12.8. The minimum atomic E-state index is -0.0679. The lowest BCUT2D eigenvalue weighted by atomic mass is 9.97. The van der Waals surface area contributed by atoms with Crippen LogP contribution in [0.15, 0.2) is 18.2 Å².